The Hall–Kier alpha value is -2.88. The molecule has 4 aliphatic rings. The highest BCUT2D eigenvalue weighted by Crippen LogP contribution is 2.43. The van der Waals surface area contributed by atoms with Gasteiger partial charge in [0.2, 0.25) is 5.95 Å². The van der Waals surface area contributed by atoms with E-state index in [1.165, 1.54) is 17.5 Å². The Morgan fingerprint density at radius 1 is 1.14 bits per heavy atom. The molecule has 2 heterocycles. The van der Waals surface area contributed by atoms with Crippen LogP contribution in [0.15, 0.2) is 36.5 Å². The first-order valence-corrected chi connectivity index (χ1v) is 13.6. The van der Waals surface area contributed by atoms with Gasteiger partial charge in [0.25, 0.3) is 0 Å². The summed E-state index contributed by atoms with van der Waals surface area (Å²) < 4.78 is 11.0. The maximum atomic E-state index is 11.5. The Kier molecular flexibility index (Phi) is 6.92. The van der Waals surface area contributed by atoms with Crippen LogP contribution in [0.1, 0.15) is 30.4 Å². The molecule has 3 aliphatic carbocycles. The van der Waals surface area contributed by atoms with Crippen molar-refractivity contribution in [3.05, 3.63) is 52.7 Å². The molecule has 1 amide bonds. The van der Waals surface area contributed by atoms with Crippen LogP contribution in [0.3, 0.4) is 0 Å². The highest BCUT2D eigenvalue weighted by molar-refractivity contribution is 6.32. The van der Waals surface area contributed by atoms with Crippen LogP contribution in [0, 0.1) is 11.8 Å². The molecule has 10 heteroatoms. The maximum Gasteiger partial charge on any atom is 0.404 e. The van der Waals surface area contributed by atoms with E-state index in [9.17, 15) is 4.79 Å². The average molecular weight is 525 g/mol. The zero-order chi connectivity index (χ0) is 25.4. The number of carbonyl (C=O) groups is 1. The van der Waals surface area contributed by atoms with Crippen molar-refractivity contribution < 1.29 is 14.3 Å². The third-order valence-electron chi connectivity index (χ3n) is 8.21. The van der Waals surface area contributed by atoms with E-state index in [2.05, 4.69) is 55.9 Å². The summed E-state index contributed by atoms with van der Waals surface area (Å²) in [6.07, 6.45) is 10.1. The van der Waals surface area contributed by atoms with Crippen molar-refractivity contribution in [1.82, 2.24) is 14.9 Å². The topological polar surface area (TPSA) is 115 Å². The predicted octanol–water partition coefficient (Wildman–Crippen LogP) is 3.90. The van der Waals surface area contributed by atoms with Crippen molar-refractivity contribution in [3.8, 4) is 0 Å². The Morgan fingerprint density at radius 2 is 1.92 bits per heavy atom. The number of aryl methyl sites for hydroxylation is 2. The molecular formula is C27H33ClN6O3. The van der Waals surface area contributed by atoms with Crippen molar-refractivity contribution in [1.29, 1.82) is 0 Å². The van der Waals surface area contributed by atoms with Crippen molar-refractivity contribution >= 4 is 35.1 Å². The second kappa shape index (κ2) is 10.5. The summed E-state index contributed by atoms with van der Waals surface area (Å²) in [4.78, 5) is 23.1. The Labute approximate surface area is 221 Å². The fraction of sp³-hybridized carbons (Fsp3) is 0.519. The number of anilines is 3. The van der Waals surface area contributed by atoms with Crippen LogP contribution in [0.4, 0.5) is 22.2 Å². The molecule has 2 fully saturated rings. The van der Waals surface area contributed by atoms with Crippen LogP contribution in [-0.4, -0.2) is 65.5 Å². The minimum Gasteiger partial charge on any atom is -0.444 e. The number of hydrogen-bond acceptors (Lipinski definition) is 8. The maximum absolute atomic E-state index is 11.5. The number of nitrogens with zero attached hydrogens (tertiary/aromatic N) is 3. The quantitative estimate of drug-likeness (QED) is 0.385. The smallest absolute Gasteiger partial charge is 0.404 e. The van der Waals surface area contributed by atoms with Crippen LogP contribution in [0.2, 0.25) is 5.02 Å². The number of nitrogens with one attached hydrogen (secondary N) is 2. The number of morpholine rings is 1. The number of carbonyl (C=O) groups excluding carboxylic acids is 1. The molecule has 9 nitrogen and oxygen atoms in total. The monoisotopic (exact) mass is 524 g/mol. The second-order valence-corrected chi connectivity index (χ2v) is 10.8. The molecule has 1 saturated heterocycles. The number of ether oxygens (including phenoxy) is 2. The lowest BCUT2D eigenvalue weighted by molar-refractivity contribution is 0.0136. The third-order valence-corrected chi connectivity index (χ3v) is 8.48. The van der Waals surface area contributed by atoms with Gasteiger partial charge in [0.1, 0.15) is 11.1 Å². The number of nitrogens with two attached hydrogens (primary N) is 1. The molecule has 2 bridgehead atoms. The summed E-state index contributed by atoms with van der Waals surface area (Å²) in [5.41, 5.74) is 9.08. The fourth-order valence-corrected chi connectivity index (χ4v) is 6.50. The Morgan fingerprint density at radius 3 is 2.73 bits per heavy atom. The van der Waals surface area contributed by atoms with Gasteiger partial charge in [-0.25, -0.2) is 9.78 Å². The van der Waals surface area contributed by atoms with E-state index in [0.717, 1.165) is 57.7 Å². The van der Waals surface area contributed by atoms with E-state index < -0.39 is 6.09 Å². The van der Waals surface area contributed by atoms with Gasteiger partial charge in [-0.3, -0.25) is 4.90 Å². The number of halogens is 1. The predicted molar refractivity (Wildman–Crippen MR) is 142 cm³/mol. The molecule has 1 aromatic heterocycles. The molecule has 1 aromatic carbocycles. The number of primary amides is 1. The van der Waals surface area contributed by atoms with Crippen molar-refractivity contribution in [3.63, 3.8) is 0 Å². The molecule has 37 heavy (non-hydrogen) atoms. The first-order valence-electron chi connectivity index (χ1n) is 13.2. The van der Waals surface area contributed by atoms with Crippen LogP contribution in [0.25, 0.3) is 0 Å². The summed E-state index contributed by atoms with van der Waals surface area (Å²) in [6.45, 7) is 3.75. The molecular weight excluding hydrogens is 492 g/mol. The van der Waals surface area contributed by atoms with Gasteiger partial charge in [-0.05, 0) is 55.4 Å². The first-order chi connectivity index (χ1) is 18.0. The molecule has 4 N–H and O–H groups in total. The van der Waals surface area contributed by atoms with E-state index in [0.29, 0.717) is 22.8 Å². The van der Waals surface area contributed by atoms with Gasteiger partial charge in [-0.2, -0.15) is 4.98 Å². The fourth-order valence-electron chi connectivity index (χ4n) is 6.35. The number of aromatic nitrogens is 2. The number of hydrogen-bond donors (Lipinski definition) is 3. The number of amides is 1. The molecule has 0 spiro atoms. The summed E-state index contributed by atoms with van der Waals surface area (Å²) in [5, 5.41) is 7.16. The summed E-state index contributed by atoms with van der Waals surface area (Å²) >= 11 is 6.45. The molecule has 0 radical (unpaired) electrons. The van der Waals surface area contributed by atoms with Gasteiger partial charge in [-0.15, -0.1) is 0 Å². The summed E-state index contributed by atoms with van der Waals surface area (Å²) in [5.74, 6) is 1.34. The lowest BCUT2D eigenvalue weighted by atomic mass is 9.98. The van der Waals surface area contributed by atoms with Gasteiger partial charge >= 0.3 is 6.09 Å². The summed E-state index contributed by atoms with van der Waals surface area (Å²) in [7, 11) is 0. The number of rotatable bonds is 6. The first kappa shape index (κ1) is 24.5. The Bertz CT molecular complexity index is 1190. The van der Waals surface area contributed by atoms with Gasteiger partial charge in [0, 0.05) is 36.7 Å². The van der Waals surface area contributed by atoms with Crippen LogP contribution < -0.4 is 16.4 Å². The van der Waals surface area contributed by atoms with Crippen LogP contribution >= 0.6 is 11.6 Å². The van der Waals surface area contributed by atoms with Crippen molar-refractivity contribution in [2.24, 2.45) is 17.6 Å². The van der Waals surface area contributed by atoms with E-state index in [-0.39, 0.29) is 24.0 Å². The highest BCUT2D eigenvalue weighted by atomic mass is 35.5. The van der Waals surface area contributed by atoms with Crippen LogP contribution in [-0.2, 0) is 22.3 Å². The number of benzene rings is 1. The third kappa shape index (κ3) is 5.26. The SMILES string of the molecule is NC(=O)OC1C2C=CC(C2)C1Nc1nc(Nc2ccc3c(c2)CCC(N2CCOCC2)CC3)ncc1Cl. The minimum atomic E-state index is -0.770. The normalized spacial score (nSPS) is 28.9. The van der Waals surface area contributed by atoms with E-state index in [1.807, 2.05) is 0 Å². The lowest BCUT2D eigenvalue weighted by Gasteiger charge is -2.33. The van der Waals surface area contributed by atoms with E-state index in [1.54, 1.807) is 6.20 Å². The standard InChI is InChI=1S/C27H33ClN6O3/c28-22-15-30-27(33-25(22)32-23-18-1-2-19(13-18)24(23)37-26(29)35)31-20-6-3-16-4-7-21(8-5-17(16)14-20)34-9-11-36-12-10-34/h1-3,6,14-15,18-19,21,23-24H,4-5,7-13H2,(H2,29,35)(H2,30,31,32,33). The Balaban J connectivity index is 1.14. The van der Waals surface area contributed by atoms with Gasteiger partial charge < -0.3 is 25.8 Å². The van der Waals surface area contributed by atoms with Gasteiger partial charge in [0.05, 0.1) is 25.5 Å². The van der Waals surface area contributed by atoms with Gasteiger partial charge in [-0.1, -0.05) is 29.8 Å². The van der Waals surface area contributed by atoms with Crippen molar-refractivity contribution in [2.45, 2.75) is 50.3 Å². The largest absolute Gasteiger partial charge is 0.444 e. The molecule has 6 rings (SSSR count). The average Bonchev–Trinajstić information content (AvgIpc) is 3.42. The second-order valence-electron chi connectivity index (χ2n) is 10.4. The molecule has 2 aromatic rings. The highest BCUT2D eigenvalue weighted by Gasteiger charge is 2.47. The molecule has 5 atom stereocenters. The lowest BCUT2D eigenvalue weighted by Crippen LogP contribution is -2.43. The molecule has 1 aliphatic heterocycles. The van der Waals surface area contributed by atoms with E-state index >= 15 is 0 Å². The zero-order valence-electron chi connectivity index (χ0n) is 20.7. The van der Waals surface area contributed by atoms with Crippen molar-refractivity contribution in [2.75, 3.05) is 36.9 Å². The molecule has 1 saturated carbocycles. The van der Waals surface area contributed by atoms with E-state index in [4.69, 9.17) is 26.8 Å². The minimum absolute atomic E-state index is 0.144. The molecule has 5 unspecified atom stereocenters. The van der Waals surface area contributed by atoms with Gasteiger partial charge in [0.15, 0.2) is 5.82 Å². The molecule has 196 valence electrons. The van der Waals surface area contributed by atoms with Crippen LogP contribution in [0.5, 0.6) is 0 Å². The number of fused-ring (bicyclic) bond motifs is 3. The zero-order valence-corrected chi connectivity index (χ0v) is 21.5. The summed E-state index contributed by atoms with van der Waals surface area (Å²) in [6, 6.07) is 7.01.